The van der Waals surface area contributed by atoms with Crippen LogP contribution >= 0.6 is 0 Å². The molecule has 0 unspecified atom stereocenters. The van der Waals surface area contributed by atoms with Crippen LogP contribution in [0.25, 0.3) is 0 Å². The van der Waals surface area contributed by atoms with Crippen LogP contribution in [0.3, 0.4) is 0 Å². The summed E-state index contributed by atoms with van der Waals surface area (Å²) in [6.45, 7) is 0. The van der Waals surface area contributed by atoms with Crippen LogP contribution in [0.1, 0.15) is 20.7 Å². The van der Waals surface area contributed by atoms with Crippen LogP contribution in [0.5, 0.6) is 0 Å². The van der Waals surface area contributed by atoms with E-state index in [1.807, 2.05) is 0 Å². The van der Waals surface area contributed by atoms with Crippen molar-refractivity contribution in [1.82, 2.24) is 10.2 Å². The molecule has 2 rings (SSSR count). The number of carboxylic acid groups (broad SMARTS) is 1. The third-order valence-electron chi connectivity index (χ3n) is 2.42. The van der Waals surface area contributed by atoms with E-state index in [-0.39, 0.29) is 22.6 Å². The third kappa shape index (κ3) is 2.46. The second-order valence-electron chi connectivity index (χ2n) is 3.71. The molecule has 1 aromatic carbocycles. The van der Waals surface area contributed by atoms with Crippen LogP contribution in [0.4, 0.5) is 11.5 Å². The fraction of sp³-hybridized carbons (Fsp3) is 0. The van der Waals surface area contributed by atoms with Crippen LogP contribution in [0.15, 0.2) is 29.1 Å². The molecule has 1 heterocycles. The molecule has 0 bridgehead atoms. The smallest absolute Gasteiger partial charge is 0.335 e. The molecule has 6 N–H and O–H groups in total. The first-order valence-corrected chi connectivity index (χ1v) is 5.20. The molecular formula is C11H10N4O4. The Labute approximate surface area is 106 Å². The van der Waals surface area contributed by atoms with Gasteiger partial charge in [0.05, 0.1) is 5.56 Å². The topological polar surface area (TPSA) is 141 Å². The molecule has 0 aliphatic heterocycles. The molecule has 98 valence electrons. The van der Waals surface area contributed by atoms with Crippen LogP contribution in [-0.4, -0.2) is 27.2 Å². The lowest BCUT2D eigenvalue weighted by atomic mass is 10.1. The van der Waals surface area contributed by atoms with E-state index in [4.69, 9.17) is 10.8 Å². The number of hydrogen-bond donors (Lipinski definition) is 5. The van der Waals surface area contributed by atoms with Crippen molar-refractivity contribution in [2.45, 2.75) is 0 Å². The molecule has 0 spiro atoms. The Bertz CT molecular complexity index is 701. The maximum absolute atomic E-state index is 11.9. The highest BCUT2D eigenvalue weighted by Gasteiger charge is 2.14. The normalized spacial score (nSPS) is 10.1. The van der Waals surface area contributed by atoms with E-state index in [0.717, 1.165) is 0 Å². The predicted molar refractivity (Wildman–Crippen MR) is 67.2 cm³/mol. The summed E-state index contributed by atoms with van der Waals surface area (Å²) in [5, 5.41) is 15.7. The second kappa shape index (κ2) is 4.69. The van der Waals surface area contributed by atoms with Gasteiger partial charge in [-0.2, -0.15) is 0 Å². The Morgan fingerprint density at radius 2 is 1.89 bits per heavy atom. The maximum Gasteiger partial charge on any atom is 0.335 e. The lowest BCUT2D eigenvalue weighted by molar-refractivity contribution is 0.0697. The summed E-state index contributed by atoms with van der Waals surface area (Å²) >= 11 is 0. The molecule has 1 amide bonds. The zero-order valence-electron chi connectivity index (χ0n) is 9.56. The summed E-state index contributed by atoms with van der Waals surface area (Å²) in [7, 11) is 0. The number of benzene rings is 1. The number of nitrogens with one attached hydrogen (secondary N) is 3. The number of carbonyl (C=O) groups is 2. The number of nitrogens with two attached hydrogens (primary N) is 1. The summed E-state index contributed by atoms with van der Waals surface area (Å²) in [6.07, 6.45) is 0. The lowest BCUT2D eigenvalue weighted by Gasteiger charge is -2.03. The van der Waals surface area contributed by atoms with Crippen LogP contribution in [-0.2, 0) is 0 Å². The largest absolute Gasteiger partial charge is 0.478 e. The van der Waals surface area contributed by atoms with Crippen molar-refractivity contribution >= 4 is 23.4 Å². The minimum Gasteiger partial charge on any atom is -0.478 e. The van der Waals surface area contributed by atoms with Crippen molar-refractivity contribution in [2.24, 2.45) is 0 Å². The van der Waals surface area contributed by atoms with Gasteiger partial charge in [0.25, 0.3) is 11.5 Å². The van der Waals surface area contributed by atoms with Gasteiger partial charge in [0.2, 0.25) is 0 Å². The lowest BCUT2D eigenvalue weighted by Crippen LogP contribution is -2.18. The minimum absolute atomic E-state index is 0.00672. The molecule has 0 aliphatic rings. The van der Waals surface area contributed by atoms with E-state index in [0.29, 0.717) is 0 Å². The van der Waals surface area contributed by atoms with Crippen LogP contribution in [0, 0.1) is 0 Å². The highest BCUT2D eigenvalue weighted by molar-refractivity contribution is 6.06. The molecule has 8 heteroatoms. The molecule has 2 aromatic rings. The number of nitrogen functional groups attached to an aromatic ring is 1. The summed E-state index contributed by atoms with van der Waals surface area (Å²) < 4.78 is 0. The number of H-pyrrole nitrogens is 2. The van der Waals surface area contributed by atoms with Crippen molar-refractivity contribution in [2.75, 3.05) is 11.1 Å². The monoisotopic (exact) mass is 262 g/mol. The van der Waals surface area contributed by atoms with E-state index < -0.39 is 17.4 Å². The first-order valence-electron chi connectivity index (χ1n) is 5.20. The van der Waals surface area contributed by atoms with E-state index >= 15 is 0 Å². The summed E-state index contributed by atoms with van der Waals surface area (Å²) in [4.78, 5) is 34.0. The molecule has 0 aliphatic carbocycles. The second-order valence-corrected chi connectivity index (χ2v) is 3.71. The summed E-state index contributed by atoms with van der Waals surface area (Å²) in [6, 6.07) is 5.42. The number of carboxylic acids is 1. The molecule has 0 saturated heterocycles. The molecule has 1 aromatic heterocycles. The zero-order chi connectivity index (χ0) is 14.0. The summed E-state index contributed by atoms with van der Waals surface area (Å²) in [5.74, 6) is -1.78. The van der Waals surface area contributed by atoms with Gasteiger partial charge in [0.1, 0.15) is 5.82 Å². The van der Waals surface area contributed by atoms with Crippen molar-refractivity contribution in [3.05, 3.63) is 45.7 Å². The first-order chi connectivity index (χ1) is 8.99. The Kier molecular flexibility index (Phi) is 3.06. The maximum atomic E-state index is 11.9. The standard InChI is InChI=1S/C11H10N4O4/c12-8-7(10(17)15-14-8)13-9(16)5-2-1-3-6(4-5)11(18)19/h1-4H,(H,13,16)(H,18,19)(H4,12,14,15,17). The highest BCUT2D eigenvalue weighted by Crippen LogP contribution is 2.11. The molecule has 0 atom stereocenters. The van der Waals surface area contributed by atoms with Gasteiger partial charge in [-0.3, -0.25) is 19.8 Å². The average Bonchev–Trinajstić information content (AvgIpc) is 2.70. The number of anilines is 2. The fourth-order valence-corrected chi connectivity index (χ4v) is 1.47. The third-order valence-corrected chi connectivity index (χ3v) is 2.42. The number of amides is 1. The number of rotatable bonds is 3. The Morgan fingerprint density at radius 1 is 1.21 bits per heavy atom. The van der Waals surface area contributed by atoms with Crippen molar-refractivity contribution in [3.8, 4) is 0 Å². The van der Waals surface area contributed by atoms with E-state index in [1.54, 1.807) is 0 Å². The van der Waals surface area contributed by atoms with Gasteiger partial charge in [-0.15, -0.1) is 0 Å². The number of carbonyl (C=O) groups excluding carboxylic acids is 1. The summed E-state index contributed by atoms with van der Waals surface area (Å²) in [5.41, 5.74) is 4.86. The molecule has 8 nitrogen and oxygen atoms in total. The Balaban J connectivity index is 2.28. The quantitative estimate of drug-likeness (QED) is 0.538. The van der Waals surface area contributed by atoms with Crippen molar-refractivity contribution in [1.29, 1.82) is 0 Å². The van der Waals surface area contributed by atoms with Gasteiger partial charge in [-0.1, -0.05) is 6.07 Å². The van der Waals surface area contributed by atoms with Crippen molar-refractivity contribution in [3.63, 3.8) is 0 Å². The van der Waals surface area contributed by atoms with Crippen LogP contribution in [0.2, 0.25) is 0 Å². The first kappa shape index (κ1) is 12.4. The molecule has 0 saturated carbocycles. The van der Waals surface area contributed by atoms with Gasteiger partial charge in [0, 0.05) is 5.56 Å². The van der Waals surface area contributed by atoms with Gasteiger partial charge in [0.15, 0.2) is 5.69 Å². The SMILES string of the molecule is Nc1[nH][nH]c(=O)c1NC(=O)c1cccc(C(=O)O)c1. The molecule has 0 radical (unpaired) electrons. The van der Waals surface area contributed by atoms with E-state index in [2.05, 4.69) is 15.5 Å². The number of aromatic carboxylic acids is 1. The Hall–Kier alpha value is -3.03. The molecule has 19 heavy (non-hydrogen) atoms. The van der Waals surface area contributed by atoms with E-state index in [1.165, 1.54) is 24.3 Å². The van der Waals surface area contributed by atoms with Crippen molar-refractivity contribution < 1.29 is 14.7 Å². The fourth-order valence-electron chi connectivity index (χ4n) is 1.47. The highest BCUT2D eigenvalue weighted by atomic mass is 16.4. The van der Waals surface area contributed by atoms with Gasteiger partial charge >= 0.3 is 5.97 Å². The van der Waals surface area contributed by atoms with Gasteiger partial charge < -0.3 is 16.2 Å². The molecule has 0 fully saturated rings. The van der Waals surface area contributed by atoms with E-state index in [9.17, 15) is 14.4 Å². The number of aromatic amines is 2. The predicted octanol–water partition coefficient (Wildman–Crippen LogP) is 0.236. The average molecular weight is 262 g/mol. The van der Waals surface area contributed by atoms with Gasteiger partial charge in [-0.25, -0.2) is 4.79 Å². The minimum atomic E-state index is -1.14. The molecular weight excluding hydrogens is 252 g/mol. The number of aromatic nitrogens is 2. The Morgan fingerprint density at radius 3 is 2.47 bits per heavy atom. The van der Waals surface area contributed by atoms with Gasteiger partial charge in [-0.05, 0) is 18.2 Å². The number of hydrogen-bond acceptors (Lipinski definition) is 4. The zero-order valence-corrected chi connectivity index (χ0v) is 9.56. The van der Waals surface area contributed by atoms with Crippen LogP contribution < -0.4 is 16.6 Å².